The minimum Gasteiger partial charge on any atom is -0.463 e. The molecular weight excluding hydrogens is 363 g/mol. The van der Waals surface area contributed by atoms with Crippen molar-refractivity contribution in [2.45, 2.75) is 31.7 Å². The van der Waals surface area contributed by atoms with Crippen LogP contribution in [0.25, 0.3) is 0 Å². The molecule has 0 amide bonds. The van der Waals surface area contributed by atoms with Crippen LogP contribution in [0.15, 0.2) is 0 Å². The van der Waals surface area contributed by atoms with Gasteiger partial charge in [-0.3, -0.25) is 9.69 Å². The Morgan fingerprint density at radius 1 is 1.44 bits per heavy atom. The summed E-state index contributed by atoms with van der Waals surface area (Å²) in [6.45, 7) is 8.73. The largest absolute Gasteiger partial charge is 0.463 e. The van der Waals surface area contributed by atoms with Gasteiger partial charge in [-0.05, 0) is 19.5 Å². The Labute approximate surface area is 131 Å². The van der Waals surface area contributed by atoms with Gasteiger partial charge in [-0.15, -0.1) is 35.7 Å². The fraction of sp³-hybridized carbons (Fsp3) is 0.917. The quantitative estimate of drug-likeness (QED) is 0.512. The lowest BCUT2D eigenvalue weighted by atomic mass is 10.1. The van der Waals surface area contributed by atoms with Crippen molar-refractivity contribution in [3.05, 3.63) is 0 Å². The number of nitrogens with zero attached hydrogens (tertiary/aromatic N) is 2. The summed E-state index contributed by atoms with van der Waals surface area (Å²) in [5, 5.41) is 0.593. The predicted molar refractivity (Wildman–Crippen MR) is 85.5 cm³/mol. The lowest BCUT2D eigenvalue weighted by Crippen LogP contribution is -2.50. The first kappa shape index (κ1) is 16.5. The number of carbonyl (C=O) groups is 1. The monoisotopic (exact) mass is 386 g/mol. The number of carbonyl (C=O) groups excluding carboxylic acids is 1. The van der Waals surface area contributed by atoms with Crippen LogP contribution in [0.1, 0.15) is 20.3 Å². The van der Waals surface area contributed by atoms with E-state index >= 15 is 0 Å². The maximum atomic E-state index is 11.9. The first-order chi connectivity index (χ1) is 8.26. The SMILES string of the molecule is CCN(CC)CCOC(=O)C1CSC2CCN21.I. The Kier molecular flexibility index (Phi) is 7.27. The second kappa shape index (κ2) is 7.91. The lowest BCUT2D eigenvalue weighted by Gasteiger charge is -2.36. The molecule has 0 spiro atoms. The van der Waals surface area contributed by atoms with Crippen LogP contribution in [-0.4, -0.2) is 65.7 Å². The van der Waals surface area contributed by atoms with Crippen LogP contribution in [0.3, 0.4) is 0 Å². The molecule has 4 nitrogen and oxygen atoms in total. The number of likely N-dealkylation sites (N-methyl/N-ethyl adjacent to an activating group) is 1. The number of halogens is 1. The molecule has 0 N–H and O–H groups in total. The molecule has 2 unspecified atom stereocenters. The zero-order valence-electron chi connectivity index (χ0n) is 11.1. The molecule has 2 rings (SSSR count). The minimum absolute atomic E-state index is 0. The average Bonchev–Trinajstić information content (AvgIpc) is 2.60. The number of hydrogen-bond donors (Lipinski definition) is 0. The highest BCUT2D eigenvalue weighted by Crippen LogP contribution is 2.38. The van der Waals surface area contributed by atoms with E-state index in [1.807, 2.05) is 11.8 Å². The van der Waals surface area contributed by atoms with Gasteiger partial charge in [0.2, 0.25) is 0 Å². The summed E-state index contributed by atoms with van der Waals surface area (Å²) < 4.78 is 5.38. The van der Waals surface area contributed by atoms with Crippen molar-refractivity contribution in [2.24, 2.45) is 0 Å². The molecule has 0 radical (unpaired) electrons. The Balaban J connectivity index is 0.00000162. The predicted octanol–water partition coefficient (Wildman–Crippen LogP) is 1.64. The summed E-state index contributed by atoms with van der Waals surface area (Å²) in [7, 11) is 0. The minimum atomic E-state index is -0.0214. The van der Waals surface area contributed by atoms with E-state index in [-0.39, 0.29) is 36.0 Å². The van der Waals surface area contributed by atoms with Gasteiger partial charge in [-0.25, -0.2) is 0 Å². The van der Waals surface area contributed by atoms with Crippen molar-refractivity contribution < 1.29 is 9.53 Å². The number of thioether (sulfide) groups is 1. The van der Waals surface area contributed by atoms with E-state index in [0.717, 1.165) is 31.9 Å². The number of fused-ring (bicyclic) bond motifs is 1. The normalized spacial score (nSPS) is 26.4. The molecule has 2 aliphatic rings. The van der Waals surface area contributed by atoms with E-state index in [0.29, 0.717) is 12.0 Å². The molecule has 106 valence electrons. The Morgan fingerprint density at radius 3 is 2.67 bits per heavy atom. The molecule has 0 aliphatic carbocycles. The average molecular weight is 386 g/mol. The number of ether oxygens (including phenoxy) is 1. The Bertz CT molecular complexity index is 277. The van der Waals surface area contributed by atoms with Crippen molar-refractivity contribution in [1.82, 2.24) is 9.80 Å². The van der Waals surface area contributed by atoms with Crippen molar-refractivity contribution >= 4 is 41.7 Å². The van der Waals surface area contributed by atoms with Crippen molar-refractivity contribution in [3.63, 3.8) is 0 Å². The summed E-state index contributed by atoms with van der Waals surface area (Å²) in [5.41, 5.74) is 0. The first-order valence-corrected chi connectivity index (χ1v) is 7.57. The molecule has 2 saturated heterocycles. The molecular formula is C12H23IN2O2S. The van der Waals surface area contributed by atoms with E-state index in [2.05, 4.69) is 23.6 Å². The molecule has 6 heteroatoms. The van der Waals surface area contributed by atoms with Crippen LogP contribution in [0.5, 0.6) is 0 Å². The van der Waals surface area contributed by atoms with E-state index in [4.69, 9.17) is 4.74 Å². The van der Waals surface area contributed by atoms with Gasteiger partial charge in [0.15, 0.2) is 0 Å². The van der Waals surface area contributed by atoms with Gasteiger partial charge in [0.05, 0.1) is 5.37 Å². The second-order valence-corrected chi connectivity index (χ2v) is 5.74. The molecule has 0 aromatic heterocycles. The Morgan fingerprint density at radius 2 is 2.17 bits per heavy atom. The molecule has 0 aromatic rings. The highest BCUT2D eigenvalue weighted by molar-refractivity contribution is 14.0. The smallest absolute Gasteiger partial charge is 0.324 e. The lowest BCUT2D eigenvalue weighted by molar-refractivity contribution is -0.150. The van der Waals surface area contributed by atoms with Gasteiger partial charge in [0.1, 0.15) is 12.6 Å². The van der Waals surface area contributed by atoms with Gasteiger partial charge in [-0.1, -0.05) is 13.8 Å². The highest BCUT2D eigenvalue weighted by Gasteiger charge is 2.44. The fourth-order valence-electron chi connectivity index (χ4n) is 2.33. The topological polar surface area (TPSA) is 32.8 Å². The van der Waals surface area contributed by atoms with E-state index in [1.165, 1.54) is 6.42 Å². The first-order valence-electron chi connectivity index (χ1n) is 6.52. The Hall–Kier alpha value is 0.470. The molecule has 0 saturated carbocycles. The molecule has 18 heavy (non-hydrogen) atoms. The van der Waals surface area contributed by atoms with Gasteiger partial charge in [0.25, 0.3) is 0 Å². The van der Waals surface area contributed by atoms with E-state index in [9.17, 15) is 4.79 Å². The fourth-order valence-corrected chi connectivity index (χ4v) is 3.78. The van der Waals surface area contributed by atoms with Gasteiger partial charge in [0, 0.05) is 18.8 Å². The maximum Gasteiger partial charge on any atom is 0.324 e. The summed E-state index contributed by atoms with van der Waals surface area (Å²) >= 11 is 1.89. The second-order valence-electron chi connectivity index (χ2n) is 4.52. The van der Waals surface area contributed by atoms with Crippen LogP contribution in [0.4, 0.5) is 0 Å². The third-order valence-electron chi connectivity index (χ3n) is 3.67. The van der Waals surface area contributed by atoms with Gasteiger partial charge >= 0.3 is 5.97 Å². The standard InChI is InChI=1S/C12H22N2O2S.HI/c1-3-13(4-2)7-8-16-12(15)10-9-17-11-5-6-14(10)11;/h10-11H,3-9H2,1-2H3;1H. The third-order valence-corrected chi connectivity index (χ3v) is 5.07. The molecule has 0 aromatic carbocycles. The molecule has 0 bridgehead atoms. The van der Waals surface area contributed by atoms with Gasteiger partial charge < -0.3 is 9.64 Å². The van der Waals surface area contributed by atoms with Crippen LogP contribution in [0, 0.1) is 0 Å². The summed E-state index contributed by atoms with van der Waals surface area (Å²) in [6, 6.07) is 0.0236. The number of rotatable bonds is 6. The summed E-state index contributed by atoms with van der Waals surface area (Å²) in [4.78, 5) is 16.4. The van der Waals surface area contributed by atoms with Crippen molar-refractivity contribution in [3.8, 4) is 0 Å². The van der Waals surface area contributed by atoms with Gasteiger partial charge in [-0.2, -0.15) is 0 Å². The number of esters is 1. The van der Waals surface area contributed by atoms with Crippen molar-refractivity contribution in [1.29, 1.82) is 0 Å². The molecule has 2 fully saturated rings. The summed E-state index contributed by atoms with van der Waals surface area (Å²) in [6.07, 6.45) is 1.23. The highest BCUT2D eigenvalue weighted by atomic mass is 127. The zero-order valence-corrected chi connectivity index (χ0v) is 14.3. The molecule has 2 atom stereocenters. The van der Waals surface area contributed by atoms with Crippen LogP contribution in [-0.2, 0) is 9.53 Å². The molecule has 2 aliphatic heterocycles. The molecule has 2 heterocycles. The maximum absolute atomic E-state index is 11.9. The van der Waals surface area contributed by atoms with Crippen molar-refractivity contribution in [2.75, 3.05) is 38.5 Å². The zero-order chi connectivity index (χ0) is 12.3. The third kappa shape index (κ3) is 3.74. The van der Waals surface area contributed by atoms with Crippen LogP contribution >= 0.6 is 35.7 Å². The van der Waals surface area contributed by atoms with Crippen LogP contribution < -0.4 is 0 Å². The van der Waals surface area contributed by atoms with E-state index in [1.54, 1.807) is 0 Å². The summed E-state index contributed by atoms with van der Waals surface area (Å²) in [5.74, 6) is 0.890. The van der Waals surface area contributed by atoms with Crippen LogP contribution in [0.2, 0.25) is 0 Å². The number of hydrogen-bond acceptors (Lipinski definition) is 5. The van der Waals surface area contributed by atoms with E-state index < -0.39 is 0 Å².